The summed E-state index contributed by atoms with van der Waals surface area (Å²) in [7, 11) is 0. The van der Waals surface area contributed by atoms with E-state index in [9.17, 15) is 13.6 Å². The van der Waals surface area contributed by atoms with Crippen LogP contribution in [0.25, 0.3) is 21.0 Å². The number of hydrogen-bond acceptors (Lipinski definition) is 6. The normalized spacial score (nSPS) is 10.8. The largest absolute Gasteiger partial charge is 0.313 e. The second-order valence-electron chi connectivity index (χ2n) is 5.87. The Kier molecular flexibility index (Phi) is 4.93. The highest BCUT2D eigenvalue weighted by atomic mass is 32.1. The average Bonchev–Trinajstić information content (AvgIpc) is 3.34. The highest BCUT2D eigenvalue weighted by Gasteiger charge is 2.19. The monoisotopic (exact) mass is 414 g/mol. The molecule has 3 heterocycles. The van der Waals surface area contributed by atoms with Crippen LogP contribution in [-0.2, 0) is 0 Å². The molecule has 5 nitrogen and oxygen atoms in total. The Morgan fingerprint density at radius 1 is 1.11 bits per heavy atom. The smallest absolute Gasteiger partial charge is 0.262 e. The minimum atomic E-state index is -1.00. The number of rotatable bonds is 4. The second-order valence-corrected chi connectivity index (χ2v) is 7.79. The standard InChI is InChI=1S/C19H12F2N4OS2/c1-10-2-3-11(19-25-23-9-27-19)6-12(10)15-4-5-16(28-15)24-18(26)17-13(20)7-22-8-14(17)21/h2-9H,1H3,(H,24,26). The number of carbonyl (C=O) groups excluding carboxylic acids is 1. The van der Waals surface area contributed by atoms with E-state index in [1.165, 1.54) is 22.7 Å². The lowest BCUT2D eigenvalue weighted by atomic mass is 10.0. The van der Waals surface area contributed by atoms with Crippen LogP contribution < -0.4 is 5.32 Å². The van der Waals surface area contributed by atoms with Gasteiger partial charge in [0, 0.05) is 10.4 Å². The lowest BCUT2D eigenvalue weighted by Crippen LogP contribution is -2.15. The number of aryl methyl sites for hydroxylation is 1. The zero-order chi connectivity index (χ0) is 19.7. The Bertz CT molecular complexity index is 1140. The van der Waals surface area contributed by atoms with E-state index in [1.807, 2.05) is 31.2 Å². The summed E-state index contributed by atoms with van der Waals surface area (Å²) in [4.78, 5) is 16.5. The molecule has 1 N–H and O–H groups in total. The van der Waals surface area contributed by atoms with Gasteiger partial charge in [-0.25, -0.2) is 8.78 Å². The fourth-order valence-corrected chi connectivity index (χ4v) is 4.21. The van der Waals surface area contributed by atoms with E-state index in [0.29, 0.717) is 5.00 Å². The molecule has 9 heteroatoms. The van der Waals surface area contributed by atoms with Crippen molar-refractivity contribution in [1.29, 1.82) is 0 Å². The summed E-state index contributed by atoms with van der Waals surface area (Å²) < 4.78 is 27.5. The van der Waals surface area contributed by atoms with Crippen molar-refractivity contribution in [3.05, 3.63) is 71.0 Å². The Morgan fingerprint density at radius 3 is 2.61 bits per heavy atom. The van der Waals surface area contributed by atoms with Crippen molar-refractivity contribution in [1.82, 2.24) is 15.2 Å². The van der Waals surface area contributed by atoms with E-state index in [-0.39, 0.29) is 0 Å². The zero-order valence-electron chi connectivity index (χ0n) is 14.4. The number of thiophene rings is 1. The molecule has 140 valence electrons. The van der Waals surface area contributed by atoms with Gasteiger partial charge in [-0.1, -0.05) is 23.5 Å². The molecule has 3 aromatic heterocycles. The van der Waals surface area contributed by atoms with Crippen LogP contribution in [0.15, 0.2) is 48.2 Å². The van der Waals surface area contributed by atoms with Gasteiger partial charge in [-0.2, -0.15) is 0 Å². The third kappa shape index (κ3) is 3.54. The molecule has 0 saturated heterocycles. The van der Waals surface area contributed by atoms with E-state index >= 15 is 0 Å². The first-order chi connectivity index (χ1) is 13.5. The van der Waals surface area contributed by atoms with Crippen LogP contribution in [0.2, 0.25) is 0 Å². The van der Waals surface area contributed by atoms with Crippen molar-refractivity contribution >= 4 is 33.6 Å². The topological polar surface area (TPSA) is 67.8 Å². The first-order valence-corrected chi connectivity index (χ1v) is 9.80. The number of carbonyl (C=O) groups is 1. The molecule has 0 unspecified atom stereocenters. The van der Waals surface area contributed by atoms with Crippen LogP contribution in [0.3, 0.4) is 0 Å². The molecule has 0 saturated carbocycles. The lowest BCUT2D eigenvalue weighted by molar-refractivity contribution is 0.101. The fourth-order valence-electron chi connectivity index (χ4n) is 2.67. The van der Waals surface area contributed by atoms with Gasteiger partial charge in [0.1, 0.15) is 16.1 Å². The van der Waals surface area contributed by atoms with Crippen LogP contribution in [0.5, 0.6) is 0 Å². The molecule has 0 fully saturated rings. The minimum absolute atomic E-state index is 0.483. The molecule has 1 amide bonds. The van der Waals surface area contributed by atoms with Crippen molar-refractivity contribution in [2.75, 3.05) is 5.32 Å². The molecule has 0 aliphatic heterocycles. The summed E-state index contributed by atoms with van der Waals surface area (Å²) in [6.45, 7) is 1.99. The number of nitrogens with zero attached hydrogens (tertiary/aromatic N) is 3. The molecular weight excluding hydrogens is 402 g/mol. The average molecular weight is 414 g/mol. The van der Waals surface area contributed by atoms with Crippen LogP contribution in [0, 0.1) is 18.6 Å². The highest BCUT2D eigenvalue weighted by molar-refractivity contribution is 7.19. The quantitative estimate of drug-likeness (QED) is 0.500. The summed E-state index contributed by atoms with van der Waals surface area (Å²) in [6, 6.07) is 9.53. The molecule has 0 bridgehead atoms. The Morgan fingerprint density at radius 2 is 1.89 bits per heavy atom. The number of halogens is 2. The van der Waals surface area contributed by atoms with Gasteiger partial charge in [-0.15, -0.1) is 21.5 Å². The van der Waals surface area contributed by atoms with Crippen LogP contribution >= 0.6 is 22.7 Å². The molecule has 4 rings (SSSR count). The van der Waals surface area contributed by atoms with E-state index in [1.54, 1.807) is 11.6 Å². The molecule has 28 heavy (non-hydrogen) atoms. The molecule has 0 aliphatic carbocycles. The Hall–Kier alpha value is -3.04. The first-order valence-electron chi connectivity index (χ1n) is 8.10. The second kappa shape index (κ2) is 7.53. The summed E-state index contributed by atoms with van der Waals surface area (Å²) in [5.41, 5.74) is 4.01. The summed E-state index contributed by atoms with van der Waals surface area (Å²) in [5, 5.41) is 11.8. The predicted molar refractivity (Wildman–Crippen MR) is 106 cm³/mol. The molecule has 4 aromatic rings. The van der Waals surface area contributed by atoms with Gasteiger partial charge >= 0.3 is 0 Å². The van der Waals surface area contributed by atoms with Crippen molar-refractivity contribution in [3.63, 3.8) is 0 Å². The van der Waals surface area contributed by atoms with Gasteiger partial charge < -0.3 is 5.32 Å². The van der Waals surface area contributed by atoms with Crippen molar-refractivity contribution in [2.24, 2.45) is 0 Å². The van der Waals surface area contributed by atoms with Crippen molar-refractivity contribution in [3.8, 4) is 21.0 Å². The molecular formula is C19H12F2N4OS2. The van der Waals surface area contributed by atoms with Crippen molar-refractivity contribution in [2.45, 2.75) is 6.92 Å². The first kappa shape index (κ1) is 18.3. The maximum atomic E-state index is 13.7. The summed E-state index contributed by atoms with van der Waals surface area (Å²) in [5.74, 6) is -2.87. The third-order valence-corrected chi connectivity index (χ3v) is 5.81. The van der Waals surface area contributed by atoms with E-state index in [2.05, 4.69) is 20.5 Å². The molecule has 0 atom stereocenters. The highest BCUT2D eigenvalue weighted by Crippen LogP contribution is 2.36. The summed E-state index contributed by atoms with van der Waals surface area (Å²) in [6.07, 6.45) is 1.61. The zero-order valence-corrected chi connectivity index (χ0v) is 16.1. The minimum Gasteiger partial charge on any atom is -0.313 e. The van der Waals surface area contributed by atoms with E-state index in [4.69, 9.17) is 0 Å². The number of nitrogens with one attached hydrogen (secondary N) is 1. The van der Waals surface area contributed by atoms with Gasteiger partial charge in [-0.05, 0) is 36.2 Å². The van der Waals surface area contributed by atoms with Crippen LogP contribution in [-0.4, -0.2) is 21.1 Å². The van der Waals surface area contributed by atoms with Gasteiger partial charge in [0.25, 0.3) is 5.91 Å². The van der Waals surface area contributed by atoms with Crippen LogP contribution in [0.1, 0.15) is 15.9 Å². The number of anilines is 1. The fraction of sp³-hybridized carbons (Fsp3) is 0.0526. The number of aromatic nitrogens is 3. The maximum Gasteiger partial charge on any atom is 0.262 e. The number of benzene rings is 1. The number of amides is 1. The van der Waals surface area contributed by atoms with E-state index < -0.39 is 23.1 Å². The molecule has 0 aliphatic rings. The molecule has 0 spiro atoms. The predicted octanol–water partition coefficient (Wildman–Crippen LogP) is 5.17. The van der Waals surface area contributed by atoms with Crippen LogP contribution in [0.4, 0.5) is 13.8 Å². The SMILES string of the molecule is Cc1ccc(-c2nncs2)cc1-c1ccc(NC(=O)c2c(F)cncc2F)s1. The Balaban J connectivity index is 1.62. The number of pyridine rings is 1. The lowest BCUT2D eigenvalue weighted by Gasteiger charge is -2.06. The molecule has 0 radical (unpaired) electrons. The van der Waals surface area contributed by atoms with Gasteiger partial charge in [-0.3, -0.25) is 9.78 Å². The van der Waals surface area contributed by atoms with Crippen molar-refractivity contribution < 1.29 is 13.6 Å². The van der Waals surface area contributed by atoms with Gasteiger partial charge in [0.05, 0.1) is 17.4 Å². The Labute approximate surface area is 166 Å². The maximum absolute atomic E-state index is 13.7. The number of hydrogen-bond donors (Lipinski definition) is 1. The van der Waals surface area contributed by atoms with Gasteiger partial charge in [0.15, 0.2) is 11.6 Å². The third-order valence-electron chi connectivity index (χ3n) is 4.03. The van der Waals surface area contributed by atoms with Gasteiger partial charge in [0.2, 0.25) is 0 Å². The van der Waals surface area contributed by atoms with E-state index in [0.717, 1.165) is 39.0 Å². The summed E-state index contributed by atoms with van der Waals surface area (Å²) >= 11 is 2.76. The molecule has 1 aromatic carbocycles.